The molecule has 2 aromatic heterocycles. The third kappa shape index (κ3) is 2.35. The van der Waals surface area contributed by atoms with Crippen LogP contribution in [0.2, 0.25) is 0 Å². The maximum absolute atomic E-state index is 14.0. The first-order valence-corrected chi connectivity index (χ1v) is 8.24. The van der Waals surface area contributed by atoms with Crippen LogP contribution < -0.4 is 0 Å². The van der Waals surface area contributed by atoms with Crippen molar-refractivity contribution in [2.24, 2.45) is 0 Å². The SMILES string of the molecule is Cc1cc(F)c(C(Br)c2cc3sccc3s2)cc1F. The van der Waals surface area contributed by atoms with Crippen LogP contribution in [-0.2, 0) is 0 Å². The zero-order valence-corrected chi connectivity index (χ0v) is 13.1. The summed E-state index contributed by atoms with van der Waals surface area (Å²) in [6, 6.07) is 6.59. The van der Waals surface area contributed by atoms with Gasteiger partial charge in [-0.1, -0.05) is 15.9 Å². The van der Waals surface area contributed by atoms with Crippen LogP contribution in [0.4, 0.5) is 8.78 Å². The molecule has 19 heavy (non-hydrogen) atoms. The van der Waals surface area contributed by atoms with Crippen molar-refractivity contribution in [3.63, 3.8) is 0 Å². The molecule has 2 heterocycles. The van der Waals surface area contributed by atoms with Crippen molar-refractivity contribution in [3.8, 4) is 0 Å². The molecular weight excluding hydrogens is 350 g/mol. The predicted octanol–water partition coefficient (Wildman–Crippen LogP) is 6.03. The summed E-state index contributed by atoms with van der Waals surface area (Å²) in [6.45, 7) is 1.56. The molecule has 1 atom stereocenters. The molecule has 0 amide bonds. The van der Waals surface area contributed by atoms with Gasteiger partial charge in [-0.25, -0.2) is 8.78 Å². The number of fused-ring (bicyclic) bond motifs is 1. The second-order valence-electron chi connectivity index (χ2n) is 4.28. The Morgan fingerprint density at radius 2 is 1.89 bits per heavy atom. The predicted molar refractivity (Wildman–Crippen MR) is 81.6 cm³/mol. The Morgan fingerprint density at radius 3 is 2.63 bits per heavy atom. The molecule has 0 aliphatic heterocycles. The second kappa shape index (κ2) is 4.96. The van der Waals surface area contributed by atoms with Crippen molar-refractivity contribution in [1.82, 2.24) is 0 Å². The average molecular weight is 359 g/mol. The first kappa shape index (κ1) is 13.2. The Bertz CT molecular complexity index is 717. The molecule has 98 valence electrons. The maximum Gasteiger partial charge on any atom is 0.128 e. The molecule has 0 saturated heterocycles. The third-order valence-corrected chi connectivity index (χ3v) is 6.41. The van der Waals surface area contributed by atoms with Crippen molar-refractivity contribution in [3.05, 3.63) is 57.3 Å². The Balaban J connectivity index is 2.06. The van der Waals surface area contributed by atoms with Gasteiger partial charge >= 0.3 is 0 Å². The van der Waals surface area contributed by atoms with E-state index >= 15 is 0 Å². The lowest BCUT2D eigenvalue weighted by Gasteiger charge is -2.10. The van der Waals surface area contributed by atoms with E-state index in [2.05, 4.69) is 15.9 Å². The number of hydrogen-bond acceptors (Lipinski definition) is 2. The minimum absolute atomic E-state index is 0.313. The smallest absolute Gasteiger partial charge is 0.128 e. The van der Waals surface area contributed by atoms with Crippen LogP contribution in [0.15, 0.2) is 29.6 Å². The fraction of sp³-hybridized carbons (Fsp3) is 0.143. The minimum atomic E-state index is -0.377. The summed E-state index contributed by atoms with van der Waals surface area (Å²) in [5.74, 6) is -0.753. The number of hydrogen-bond donors (Lipinski definition) is 0. The molecule has 1 aromatic carbocycles. The molecule has 0 aliphatic carbocycles. The lowest BCUT2D eigenvalue weighted by atomic mass is 10.1. The van der Waals surface area contributed by atoms with Gasteiger partial charge in [0.2, 0.25) is 0 Å². The van der Waals surface area contributed by atoms with Gasteiger partial charge in [-0.3, -0.25) is 0 Å². The zero-order valence-electron chi connectivity index (χ0n) is 9.91. The number of thiophene rings is 2. The van der Waals surface area contributed by atoms with Crippen LogP contribution in [0.5, 0.6) is 0 Å². The molecule has 3 rings (SSSR count). The molecule has 1 unspecified atom stereocenters. The number of rotatable bonds is 2. The average Bonchev–Trinajstić information content (AvgIpc) is 2.93. The molecule has 0 fully saturated rings. The highest BCUT2D eigenvalue weighted by Crippen LogP contribution is 2.41. The second-order valence-corrected chi connectivity index (χ2v) is 7.26. The molecule has 0 nitrogen and oxygen atoms in total. The fourth-order valence-corrected chi connectivity index (χ4v) is 4.80. The van der Waals surface area contributed by atoms with Crippen molar-refractivity contribution in [1.29, 1.82) is 0 Å². The Kier molecular flexibility index (Phi) is 3.45. The first-order chi connectivity index (χ1) is 9.06. The third-order valence-electron chi connectivity index (χ3n) is 2.96. The Hall–Kier alpha value is -0.780. The molecule has 5 heteroatoms. The van der Waals surface area contributed by atoms with Gasteiger partial charge in [0.05, 0.1) is 4.83 Å². The zero-order chi connectivity index (χ0) is 13.6. The van der Waals surface area contributed by atoms with Gasteiger partial charge < -0.3 is 0 Å². The van der Waals surface area contributed by atoms with Crippen molar-refractivity contribution < 1.29 is 8.78 Å². The summed E-state index contributed by atoms with van der Waals surface area (Å²) in [6.07, 6.45) is 0. The first-order valence-electron chi connectivity index (χ1n) is 5.63. The van der Waals surface area contributed by atoms with E-state index in [1.807, 2.05) is 17.5 Å². The molecule has 0 bridgehead atoms. The molecule has 0 aliphatic rings. The topological polar surface area (TPSA) is 0 Å². The molecule has 0 radical (unpaired) electrons. The van der Waals surface area contributed by atoms with Gasteiger partial charge in [0, 0.05) is 19.8 Å². The molecular formula is C14H9BrF2S2. The van der Waals surface area contributed by atoms with Gasteiger partial charge in [0.25, 0.3) is 0 Å². The highest BCUT2D eigenvalue weighted by Gasteiger charge is 2.19. The van der Waals surface area contributed by atoms with E-state index in [1.54, 1.807) is 29.6 Å². The van der Waals surface area contributed by atoms with Crippen molar-refractivity contribution in [2.45, 2.75) is 11.8 Å². The van der Waals surface area contributed by atoms with Gasteiger partial charge in [0.1, 0.15) is 11.6 Å². The lowest BCUT2D eigenvalue weighted by Crippen LogP contribution is -1.97. The van der Waals surface area contributed by atoms with Crippen molar-refractivity contribution in [2.75, 3.05) is 0 Å². The maximum atomic E-state index is 14.0. The number of alkyl halides is 1. The number of benzene rings is 1. The monoisotopic (exact) mass is 358 g/mol. The molecule has 0 spiro atoms. The van der Waals surface area contributed by atoms with Gasteiger partial charge in [-0.05, 0) is 42.1 Å². The molecule has 0 N–H and O–H groups in total. The number of halogens is 3. The van der Waals surface area contributed by atoms with E-state index in [0.717, 1.165) is 4.88 Å². The van der Waals surface area contributed by atoms with Crippen LogP contribution in [0.3, 0.4) is 0 Å². The van der Waals surface area contributed by atoms with E-state index in [9.17, 15) is 8.78 Å². The largest absolute Gasteiger partial charge is 0.207 e. The summed E-state index contributed by atoms with van der Waals surface area (Å²) < 4.78 is 29.9. The highest BCUT2D eigenvalue weighted by atomic mass is 79.9. The van der Waals surface area contributed by atoms with Crippen LogP contribution in [0.1, 0.15) is 20.8 Å². The molecule has 0 saturated carbocycles. The van der Waals surface area contributed by atoms with E-state index in [0.29, 0.717) is 11.1 Å². The quantitative estimate of drug-likeness (QED) is 0.490. The standard InChI is InChI=1S/C14H9BrF2S2/c1-7-4-10(17)8(5-9(7)16)14(15)13-6-12-11(19-13)2-3-18-12/h2-6,14H,1H3. The normalized spacial score (nSPS) is 13.1. The van der Waals surface area contributed by atoms with E-state index in [1.165, 1.54) is 21.5 Å². The van der Waals surface area contributed by atoms with Crippen LogP contribution >= 0.6 is 38.6 Å². The van der Waals surface area contributed by atoms with Crippen LogP contribution in [0.25, 0.3) is 9.40 Å². The van der Waals surface area contributed by atoms with Gasteiger partial charge in [0.15, 0.2) is 0 Å². The Morgan fingerprint density at radius 1 is 1.11 bits per heavy atom. The highest BCUT2D eigenvalue weighted by molar-refractivity contribution is 9.09. The van der Waals surface area contributed by atoms with E-state index < -0.39 is 0 Å². The summed E-state index contributed by atoms with van der Waals surface area (Å²) in [5, 5.41) is 2.03. The Labute approximate surface area is 125 Å². The summed E-state index contributed by atoms with van der Waals surface area (Å²) in [4.78, 5) is 0.677. The lowest BCUT2D eigenvalue weighted by molar-refractivity contribution is 0.581. The minimum Gasteiger partial charge on any atom is -0.207 e. The summed E-state index contributed by atoms with van der Waals surface area (Å²) >= 11 is 6.73. The van der Waals surface area contributed by atoms with Crippen LogP contribution in [0, 0.1) is 18.6 Å². The molecule has 3 aromatic rings. The van der Waals surface area contributed by atoms with Crippen LogP contribution in [-0.4, -0.2) is 0 Å². The fourth-order valence-electron chi connectivity index (χ4n) is 1.92. The van der Waals surface area contributed by atoms with E-state index in [-0.39, 0.29) is 16.5 Å². The van der Waals surface area contributed by atoms with Gasteiger partial charge in [-0.2, -0.15) is 0 Å². The summed E-state index contributed by atoms with van der Waals surface area (Å²) in [5.41, 5.74) is 0.671. The number of aryl methyl sites for hydroxylation is 1. The van der Waals surface area contributed by atoms with Gasteiger partial charge in [-0.15, -0.1) is 22.7 Å². The van der Waals surface area contributed by atoms with E-state index in [4.69, 9.17) is 0 Å². The van der Waals surface area contributed by atoms with Crippen molar-refractivity contribution >= 4 is 48.0 Å². The summed E-state index contributed by atoms with van der Waals surface area (Å²) in [7, 11) is 0.